The monoisotopic (exact) mass is 237 g/mol. The van der Waals surface area contributed by atoms with Gasteiger partial charge >= 0.3 is 0 Å². The summed E-state index contributed by atoms with van der Waals surface area (Å²) in [5.41, 5.74) is 0.145. The Kier molecular flexibility index (Phi) is 2.57. The van der Waals surface area contributed by atoms with Crippen LogP contribution in [0, 0.1) is 5.92 Å². The molecule has 2 nitrogen and oxygen atoms in total. The van der Waals surface area contributed by atoms with Crippen LogP contribution in [-0.2, 0) is 5.54 Å². The Labute approximate surface area is 101 Å². The Hall–Kier alpha value is -0.380. The quantitative estimate of drug-likeness (QED) is 0.854. The third kappa shape index (κ3) is 1.25. The number of hydrogen-bond donors (Lipinski definition) is 1. The molecule has 3 rings (SSSR count). The maximum atomic E-state index is 9.67. The lowest BCUT2D eigenvalue weighted by Crippen LogP contribution is -2.51. The average molecular weight is 237 g/mol. The van der Waals surface area contributed by atoms with E-state index in [1.807, 2.05) is 11.3 Å². The summed E-state index contributed by atoms with van der Waals surface area (Å²) in [6, 6.07) is 5.13. The van der Waals surface area contributed by atoms with Gasteiger partial charge in [0.15, 0.2) is 0 Å². The van der Waals surface area contributed by atoms with Gasteiger partial charge in [-0.15, -0.1) is 11.3 Å². The SMILES string of the molecule is CN1C2CC[C@H](CO)C1(c1cccs1)CC2. The van der Waals surface area contributed by atoms with E-state index in [2.05, 4.69) is 29.5 Å². The summed E-state index contributed by atoms with van der Waals surface area (Å²) in [5.74, 6) is 0.426. The van der Waals surface area contributed by atoms with Crippen LogP contribution in [0.3, 0.4) is 0 Å². The van der Waals surface area contributed by atoms with Crippen LogP contribution in [0.2, 0.25) is 0 Å². The van der Waals surface area contributed by atoms with Gasteiger partial charge in [-0.2, -0.15) is 0 Å². The van der Waals surface area contributed by atoms with Gasteiger partial charge in [-0.05, 0) is 44.2 Å². The third-order valence-corrected chi connectivity index (χ3v) is 5.76. The number of piperidine rings is 1. The largest absolute Gasteiger partial charge is 0.396 e. The number of nitrogens with zero attached hydrogens (tertiary/aromatic N) is 1. The van der Waals surface area contributed by atoms with Crippen molar-refractivity contribution in [3.8, 4) is 0 Å². The van der Waals surface area contributed by atoms with Crippen LogP contribution < -0.4 is 0 Å². The van der Waals surface area contributed by atoms with Crippen molar-refractivity contribution < 1.29 is 5.11 Å². The van der Waals surface area contributed by atoms with E-state index in [0.29, 0.717) is 12.5 Å². The van der Waals surface area contributed by atoms with E-state index < -0.39 is 0 Å². The number of rotatable bonds is 2. The van der Waals surface area contributed by atoms with Gasteiger partial charge in [-0.1, -0.05) is 6.07 Å². The first-order valence-corrected chi connectivity index (χ1v) is 7.05. The number of fused-ring (bicyclic) bond motifs is 2. The number of aliphatic hydroxyl groups is 1. The molecule has 2 unspecified atom stereocenters. The summed E-state index contributed by atoms with van der Waals surface area (Å²) < 4.78 is 0. The highest BCUT2D eigenvalue weighted by atomic mass is 32.1. The molecule has 16 heavy (non-hydrogen) atoms. The molecule has 0 aromatic carbocycles. The maximum absolute atomic E-state index is 9.67. The molecule has 1 aromatic rings. The standard InChI is InChI=1S/C13H19NOS/c1-14-11-5-4-10(9-15)13(14,7-6-11)12-3-2-8-16-12/h2-3,8,10-11,15H,4-7,9H2,1H3/t10-,11?,13?/m1/s1. The lowest BCUT2D eigenvalue weighted by Gasteiger charge is -2.47. The molecule has 3 heterocycles. The van der Waals surface area contributed by atoms with E-state index in [9.17, 15) is 5.11 Å². The zero-order valence-corrected chi connectivity index (χ0v) is 10.5. The van der Waals surface area contributed by atoms with Crippen molar-refractivity contribution in [3.63, 3.8) is 0 Å². The molecule has 2 aliphatic heterocycles. The summed E-state index contributed by atoms with van der Waals surface area (Å²) in [6.07, 6.45) is 4.96. The Balaban J connectivity index is 2.06. The molecule has 3 heteroatoms. The molecule has 2 saturated heterocycles. The second kappa shape index (κ2) is 3.83. The fourth-order valence-electron chi connectivity index (χ4n) is 3.81. The molecule has 88 valence electrons. The Bertz CT molecular complexity index is 364. The topological polar surface area (TPSA) is 23.5 Å². The third-order valence-electron chi connectivity index (χ3n) is 4.73. The second-order valence-electron chi connectivity index (χ2n) is 5.16. The minimum absolute atomic E-state index is 0.145. The average Bonchev–Trinajstić information content (AvgIpc) is 2.87. The first-order valence-electron chi connectivity index (χ1n) is 6.17. The molecule has 2 fully saturated rings. The zero-order chi connectivity index (χ0) is 11.2. The van der Waals surface area contributed by atoms with Crippen molar-refractivity contribution >= 4 is 11.3 Å². The molecule has 0 spiro atoms. The molecular formula is C13H19NOS. The molecular weight excluding hydrogens is 218 g/mol. The second-order valence-corrected chi connectivity index (χ2v) is 6.11. The molecule has 0 saturated carbocycles. The van der Waals surface area contributed by atoms with E-state index in [0.717, 1.165) is 6.04 Å². The van der Waals surface area contributed by atoms with Gasteiger partial charge in [0.25, 0.3) is 0 Å². The van der Waals surface area contributed by atoms with E-state index in [1.54, 1.807) is 0 Å². The number of hydrogen-bond acceptors (Lipinski definition) is 3. The van der Waals surface area contributed by atoms with E-state index in [1.165, 1.54) is 30.6 Å². The molecule has 2 aliphatic rings. The Morgan fingerprint density at radius 2 is 2.38 bits per heavy atom. The van der Waals surface area contributed by atoms with Crippen molar-refractivity contribution in [2.75, 3.05) is 13.7 Å². The van der Waals surface area contributed by atoms with Crippen LogP contribution in [0.4, 0.5) is 0 Å². The number of aliphatic hydroxyl groups excluding tert-OH is 1. The predicted octanol–water partition coefficient (Wildman–Crippen LogP) is 2.44. The van der Waals surface area contributed by atoms with Crippen LogP contribution in [0.1, 0.15) is 30.6 Å². The highest BCUT2D eigenvalue weighted by Crippen LogP contribution is 2.53. The smallest absolute Gasteiger partial charge is 0.0604 e. The summed E-state index contributed by atoms with van der Waals surface area (Å²) in [5, 5.41) is 11.8. The van der Waals surface area contributed by atoms with Crippen LogP contribution in [0.15, 0.2) is 17.5 Å². The number of thiophene rings is 1. The summed E-state index contributed by atoms with van der Waals surface area (Å²) in [7, 11) is 2.25. The summed E-state index contributed by atoms with van der Waals surface area (Å²) >= 11 is 1.85. The minimum atomic E-state index is 0.145. The van der Waals surface area contributed by atoms with Crippen molar-refractivity contribution in [2.24, 2.45) is 5.92 Å². The fraction of sp³-hybridized carbons (Fsp3) is 0.692. The lowest BCUT2D eigenvalue weighted by atomic mass is 9.77. The van der Waals surface area contributed by atoms with Gasteiger partial charge in [-0.3, -0.25) is 4.90 Å². The fourth-order valence-corrected chi connectivity index (χ4v) is 4.89. The highest BCUT2D eigenvalue weighted by Gasteiger charge is 2.53. The van der Waals surface area contributed by atoms with Gasteiger partial charge in [0.05, 0.1) is 5.54 Å². The minimum Gasteiger partial charge on any atom is -0.396 e. The summed E-state index contributed by atoms with van der Waals surface area (Å²) in [6.45, 7) is 0.328. The van der Waals surface area contributed by atoms with Gasteiger partial charge in [0, 0.05) is 23.4 Å². The van der Waals surface area contributed by atoms with E-state index in [4.69, 9.17) is 0 Å². The van der Waals surface area contributed by atoms with Crippen molar-refractivity contribution in [1.29, 1.82) is 0 Å². The molecule has 0 aliphatic carbocycles. The molecule has 1 aromatic heterocycles. The van der Waals surface area contributed by atoms with E-state index in [-0.39, 0.29) is 5.54 Å². The molecule has 0 radical (unpaired) electrons. The zero-order valence-electron chi connectivity index (χ0n) is 9.72. The van der Waals surface area contributed by atoms with Crippen molar-refractivity contribution in [1.82, 2.24) is 4.90 Å². The molecule has 2 bridgehead atoms. The van der Waals surface area contributed by atoms with Crippen LogP contribution in [-0.4, -0.2) is 29.7 Å². The normalized spacial score (nSPS) is 39.1. The molecule has 3 atom stereocenters. The summed E-state index contributed by atoms with van der Waals surface area (Å²) in [4.78, 5) is 4.00. The van der Waals surface area contributed by atoms with Gasteiger partial charge in [-0.25, -0.2) is 0 Å². The van der Waals surface area contributed by atoms with Crippen LogP contribution in [0.5, 0.6) is 0 Å². The molecule has 1 N–H and O–H groups in total. The van der Waals surface area contributed by atoms with Gasteiger partial charge in [0.1, 0.15) is 0 Å². The van der Waals surface area contributed by atoms with Crippen molar-refractivity contribution in [2.45, 2.75) is 37.3 Å². The first-order chi connectivity index (χ1) is 7.79. The van der Waals surface area contributed by atoms with Crippen LogP contribution in [0.25, 0.3) is 0 Å². The Morgan fingerprint density at radius 3 is 3.06 bits per heavy atom. The highest BCUT2D eigenvalue weighted by molar-refractivity contribution is 7.10. The molecule has 0 amide bonds. The first kappa shape index (κ1) is 10.8. The lowest BCUT2D eigenvalue weighted by molar-refractivity contribution is -0.00429. The van der Waals surface area contributed by atoms with Gasteiger partial charge < -0.3 is 5.11 Å². The van der Waals surface area contributed by atoms with Crippen LogP contribution >= 0.6 is 11.3 Å². The van der Waals surface area contributed by atoms with E-state index >= 15 is 0 Å². The van der Waals surface area contributed by atoms with Crippen molar-refractivity contribution in [3.05, 3.63) is 22.4 Å². The predicted molar refractivity (Wildman–Crippen MR) is 66.6 cm³/mol. The Morgan fingerprint density at radius 1 is 1.50 bits per heavy atom. The maximum Gasteiger partial charge on any atom is 0.0604 e. The van der Waals surface area contributed by atoms with Gasteiger partial charge in [0.2, 0.25) is 0 Å².